The highest BCUT2D eigenvalue weighted by Gasteiger charge is 2.38. The van der Waals surface area contributed by atoms with Crippen molar-refractivity contribution in [1.29, 1.82) is 0 Å². The summed E-state index contributed by atoms with van der Waals surface area (Å²) in [5, 5.41) is 0. The van der Waals surface area contributed by atoms with E-state index in [-0.39, 0.29) is 46.6 Å². The fourth-order valence-electron chi connectivity index (χ4n) is 6.45. The first-order chi connectivity index (χ1) is 18.2. The Morgan fingerprint density at radius 2 is 1.76 bits per heavy atom. The first-order valence-electron chi connectivity index (χ1n) is 13.8. The van der Waals surface area contributed by atoms with Crippen LogP contribution in [0.2, 0.25) is 0 Å². The molecule has 0 aromatic heterocycles. The molecule has 0 aliphatic heterocycles. The van der Waals surface area contributed by atoms with E-state index in [1.54, 1.807) is 12.1 Å². The number of benzene rings is 3. The van der Waals surface area contributed by atoms with Crippen LogP contribution in [0.5, 0.6) is 11.5 Å². The molecule has 0 spiro atoms. The van der Waals surface area contributed by atoms with Crippen LogP contribution in [0.15, 0.2) is 48.5 Å². The molecule has 0 radical (unpaired) electrons. The fraction of sp³-hybridized carbons (Fsp3) is 0.455. The third-order valence-electron chi connectivity index (χ3n) is 8.67. The number of rotatable bonds is 9. The highest BCUT2D eigenvalue weighted by atomic mass is 19.1. The van der Waals surface area contributed by atoms with Crippen molar-refractivity contribution in [3.05, 3.63) is 82.7 Å². The molecule has 0 N–H and O–H groups in total. The molecule has 3 aromatic rings. The maximum absolute atomic E-state index is 15.9. The molecule has 0 saturated heterocycles. The molecule has 2 nitrogen and oxygen atoms in total. The lowest BCUT2D eigenvalue weighted by atomic mass is 9.75. The molecule has 5 rings (SSSR count). The van der Waals surface area contributed by atoms with E-state index in [1.807, 2.05) is 18.2 Å². The van der Waals surface area contributed by atoms with E-state index >= 15 is 13.2 Å². The van der Waals surface area contributed by atoms with Crippen molar-refractivity contribution in [1.82, 2.24) is 0 Å². The summed E-state index contributed by atoms with van der Waals surface area (Å²) in [4.78, 5) is 0. The number of ether oxygens (including phenoxy) is 2. The average molecular weight is 523 g/mol. The van der Waals surface area contributed by atoms with Gasteiger partial charge in [0.2, 0.25) is 0 Å². The molecule has 5 heteroatoms. The van der Waals surface area contributed by atoms with Gasteiger partial charge in [0.1, 0.15) is 24.0 Å². The zero-order valence-corrected chi connectivity index (χ0v) is 22.8. The Bertz CT molecular complexity index is 1310. The van der Waals surface area contributed by atoms with E-state index in [1.165, 1.54) is 25.3 Å². The van der Waals surface area contributed by atoms with Crippen LogP contribution in [-0.2, 0) is 6.61 Å². The Morgan fingerprint density at radius 3 is 2.42 bits per heavy atom. The first kappa shape index (κ1) is 26.6. The van der Waals surface area contributed by atoms with Gasteiger partial charge in [0, 0.05) is 11.1 Å². The van der Waals surface area contributed by atoms with Gasteiger partial charge in [-0.2, -0.15) is 0 Å². The Balaban J connectivity index is 1.51. The predicted molar refractivity (Wildman–Crippen MR) is 145 cm³/mol. The van der Waals surface area contributed by atoms with E-state index < -0.39 is 11.6 Å². The Labute approximate surface area is 224 Å². The lowest BCUT2D eigenvalue weighted by Crippen LogP contribution is -2.17. The second-order valence-electron chi connectivity index (χ2n) is 11.6. The lowest BCUT2D eigenvalue weighted by molar-refractivity contribution is 0.286. The molecule has 0 unspecified atom stereocenters. The van der Waals surface area contributed by atoms with Crippen molar-refractivity contribution in [3.8, 4) is 22.6 Å². The van der Waals surface area contributed by atoms with Crippen LogP contribution in [0, 0.1) is 28.8 Å². The van der Waals surface area contributed by atoms with Gasteiger partial charge in [-0.25, -0.2) is 13.2 Å². The standard InChI is InChI=1S/C33H37F3O2/c1-5-23(21-11-12-21)24-8-6-10-30(32(24)36)38-19-20-16-25(27-9-7-15-33(27,2)3)31(29(35)17-20)26-18-22(37-4)13-14-28(26)34/h6,8,10,13-14,16-18,21,23,27H,5,7,9,11-12,15,19H2,1-4H3/t23-,27+/m1/s1. The van der Waals surface area contributed by atoms with Crippen LogP contribution in [0.4, 0.5) is 13.2 Å². The van der Waals surface area contributed by atoms with E-state index in [9.17, 15) is 0 Å². The smallest absolute Gasteiger partial charge is 0.168 e. The van der Waals surface area contributed by atoms with Gasteiger partial charge >= 0.3 is 0 Å². The number of halogens is 3. The summed E-state index contributed by atoms with van der Waals surface area (Å²) in [6.45, 7) is 6.49. The zero-order chi connectivity index (χ0) is 27.0. The molecule has 3 aromatic carbocycles. The molecule has 38 heavy (non-hydrogen) atoms. The minimum absolute atomic E-state index is 0.0263. The summed E-state index contributed by atoms with van der Waals surface area (Å²) in [6.07, 6.45) is 6.10. The van der Waals surface area contributed by atoms with Gasteiger partial charge in [-0.15, -0.1) is 0 Å². The minimum atomic E-state index is -0.509. The van der Waals surface area contributed by atoms with Crippen LogP contribution < -0.4 is 9.47 Å². The number of hydrogen-bond acceptors (Lipinski definition) is 2. The Morgan fingerprint density at radius 1 is 0.974 bits per heavy atom. The van der Waals surface area contributed by atoms with Gasteiger partial charge in [-0.1, -0.05) is 45.4 Å². The van der Waals surface area contributed by atoms with Gasteiger partial charge in [-0.05, 0) is 102 Å². The van der Waals surface area contributed by atoms with Crippen molar-refractivity contribution in [2.75, 3.05) is 7.11 Å². The summed E-state index contributed by atoms with van der Waals surface area (Å²) in [5.74, 6) is 0.130. The van der Waals surface area contributed by atoms with Crippen LogP contribution in [0.25, 0.3) is 11.1 Å². The van der Waals surface area contributed by atoms with Gasteiger partial charge in [0.05, 0.1) is 7.11 Å². The summed E-state index contributed by atoms with van der Waals surface area (Å²) in [7, 11) is 1.51. The molecule has 202 valence electrons. The molecule has 2 atom stereocenters. The van der Waals surface area contributed by atoms with E-state index in [0.717, 1.165) is 44.1 Å². The molecule has 2 fully saturated rings. The average Bonchev–Trinajstić information content (AvgIpc) is 3.66. The van der Waals surface area contributed by atoms with Gasteiger partial charge < -0.3 is 9.47 Å². The monoisotopic (exact) mass is 522 g/mol. The molecule has 2 aliphatic carbocycles. The van der Waals surface area contributed by atoms with Crippen LogP contribution in [0.1, 0.15) is 87.8 Å². The molecule has 0 heterocycles. The molecule has 2 saturated carbocycles. The minimum Gasteiger partial charge on any atom is -0.497 e. The molecule has 2 aliphatic rings. The maximum atomic E-state index is 15.9. The van der Waals surface area contributed by atoms with Gasteiger partial charge in [-0.3, -0.25) is 0 Å². The predicted octanol–water partition coefficient (Wildman–Crippen LogP) is 9.56. The SMILES string of the molecule is CC[C@@H](c1cccc(OCc2cc(F)c(-c3cc(OC)ccc3F)c([C@@H]3CCCC3(C)C)c2)c1F)C1CC1. The Hall–Kier alpha value is -2.95. The number of hydrogen-bond donors (Lipinski definition) is 0. The van der Waals surface area contributed by atoms with Crippen LogP contribution in [-0.4, -0.2) is 7.11 Å². The lowest BCUT2D eigenvalue weighted by Gasteiger charge is -2.30. The molecule has 0 amide bonds. The van der Waals surface area contributed by atoms with Crippen molar-refractivity contribution in [2.45, 2.75) is 77.7 Å². The van der Waals surface area contributed by atoms with Crippen molar-refractivity contribution in [2.24, 2.45) is 11.3 Å². The maximum Gasteiger partial charge on any atom is 0.168 e. The second kappa shape index (κ2) is 10.7. The molecule has 0 bridgehead atoms. The topological polar surface area (TPSA) is 18.5 Å². The number of methoxy groups -OCH3 is 1. The van der Waals surface area contributed by atoms with Gasteiger partial charge in [0.15, 0.2) is 11.6 Å². The van der Waals surface area contributed by atoms with Crippen molar-refractivity contribution in [3.63, 3.8) is 0 Å². The van der Waals surface area contributed by atoms with Crippen molar-refractivity contribution < 1.29 is 22.6 Å². The van der Waals surface area contributed by atoms with Crippen LogP contribution >= 0.6 is 0 Å². The normalized spacial score (nSPS) is 19.4. The fourth-order valence-corrected chi connectivity index (χ4v) is 6.45. The van der Waals surface area contributed by atoms with E-state index in [2.05, 4.69) is 20.8 Å². The summed E-state index contributed by atoms with van der Waals surface area (Å²) < 4.78 is 57.7. The quantitative estimate of drug-likeness (QED) is 0.279. The Kier molecular flexibility index (Phi) is 7.48. The van der Waals surface area contributed by atoms with Crippen molar-refractivity contribution >= 4 is 0 Å². The summed E-state index contributed by atoms with van der Waals surface area (Å²) >= 11 is 0. The third-order valence-corrected chi connectivity index (χ3v) is 8.67. The van der Waals surface area contributed by atoms with E-state index in [4.69, 9.17) is 9.47 Å². The largest absolute Gasteiger partial charge is 0.497 e. The van der Waals surface area contributed by atoms with Gasteiger partial charge in [0.25, 0.3) is 0 Å². The second-order valence-corrected chi connectivity index (χ2v) is 11.6. The highest BCUT2D eigenvalue weighted by molar-refractivity contribution is 5.71. The molecular weight excluding hydrogens is 485 g/mol. The molecular formula is C33H37F3O2. The summed E-state index contributed by atoms with van der Waals surface area (Å²) in [5.41, 5.74) is 2.48. The van der Waals surface area contributed by atoms with Crippen LogP contribution in [0.3, 0.4) is 0 Å². The summed E-state index contributed by atoms with van der Waals surface area (Å²) in [6, 6.07) is 13.0. The third kappa shape index (κ3) is 5.17. The highest BCUT2D eigenvalue weighted by Crippen LogP contribution is 2.52. The zero-order valence-electron chi connectivity index (χ0n) is 22.8. The van der Waals surface area contributed by atoms with E-state index in [0.29, 0.717) is 22.8 Å². The first-order valence-corrected chi connectivity index (χ1v) is 13.8.